The lowest BCUT2D eigenvalue weighted by Gasteiger charge is -2.40. The number of amides is 1. The molecule has 0 radical (unpaired) electrons. The standard InChI is InChI=1S/C14H15F3N6O2/c1-21-9(4-12(19-21)14(15,16)17)13(24)22-3-2-11-10(6-22)23-8(7-25-11)5-18-20-23/h4-5,10-11H,2-3,6-7H2,1H3/t10-,11-/m1/s1. The van der Waals surface area contributed by atoms with E-state index in [1.54, 1.807) is 10.9 Å². The molecule has 2 aromatic rings. The highest BCUT2D eigenvalue weighted by atomic mass is 19.4. The molecule has 0 spiro atoms. The Morgan fingerprint density at radius 2 is 2.20 bits per heavy atom. The summed E-state index contributed by atoms with van der Waals surface area (Å²) in [5, 5.41) is 11.3. The van der Waals surface area contributed by atoms with Gasteiger partial charge in [0.25, 0.3) is 5.91 Å². The fourth-order valence-corrected chi connectivity index (χ4v) is 3.33. The number of aromatic nitrogens is 5. The van der Waals surface area contributed by atoms with Crippen molar-refractivity contribution in [3.63, 3.8) is 0 Å². The molecule has 0 aliphatic carbocycles. The van der Waals surface area contributed by atoms with Crippen LogP contribution >= 0.6 is 0 Å². The highest BCUT2D eigenvalue weighted by molar-refractivity contribution is 5.92. The third-order valence-corrected chi connectivity index (χ3v) is 4.61. The van der Waals surface area contributed by atoms with Crippen molar-refractivity contribution in [3.05, 3.63) is 29.3 Å². The summed E-state index contributed by atoms with van der Waals surface area (Å²) in [5.41, 5.74) is -0.357. The number of carbonyl (C=O) groups excluding carboxylic acids is 1. The monoisotopic (exact) mass is 356 g/mol. The fourth-order valence-electron chi connectivity index (χ4n) is 3.33. The van der Waals surface area contributed by atoms with Crippen LogP contribution in [0.2, 0.25) is 0 Å². The number of piperidine rings is 1. The first kappa shape index (κ1) is 16.1. The first-order valence-electron chi connectivity index (χ1n) is 7.76. The zero-order valence-corrected chi connectivity index (χ0v) is 13.3. The average molecular weight is 356 g/mol. The molecule has 1 amide bonds. The van der Waals surface area contributed by atoms with Gasteiger partial charge in [0.05, 0.1) is 30.6 Å². The van der Waals surface area contributed by atoms with Gasteiger partial charge in [0, 0.05) is 26.2 Å². The summed E-state index contributed by atoms with van der Waals surface area (Å²) in [5.74, 6) is -0.490. The van der Waals surface area contributed by atoms with Crippen LogP contribution in [0.25, 0.3) is 0 Å². The van der Waals surface area contributed by atoms with Gasteiger partial charge in [-0.25, -0.2) is 4.68 Å². The maximum Gasteiger partial charge on any atom is 0.435 e. The molecule has 4 rings (SSSR count). The van der Waals surface area contributed by atoms with Crippen LogP contribution in [0.5, 0.6) is 0 Å². The van der Waals surface area contributed by atoms with Crippen LogP contribution in [0.3, 0.4) is 0 Å². The molecule has 0 N–H and O–H groups in total. The van der Waals surface area contributed by atoms with Gasteiger partial charge in [0.2, 0.25) is 0 Å². The summed E-state index contributed by atoms with van der Waals surface area (Å²) in [4.78, 5) is 14.2. The molecule has 8 nitrogen and oxygen atoms in total. The number of hydrogen-bond acceptors (Lipinski definition) is 5. The van der Waals surface area contributed by atoms with Gasteiger partial charge in [-0.15, -0.1) is 5.10 Å². The van der Waals surface area contributed by atoms with Gasteiger partial charge in [-0.2, -0.15) is 18.3 Å². The van der Waals surface area contributed by atoms with Crippen LogP contribution in [0.15, 0.2) is 12.3 Å². The highest BCUT2D eigenvalue weighted by Gasteiger charge is 2.40. The van der Waals surface area contributed by atoms with E-state index in [4.69, 9.17) is 4.74 Å². The van der Waals surface area contributed by atoms with E-state index >= 15 is 0 Å². The van der Waals surface area contributed by atoms with Gasteiger partial charge >= 0.3 is 6.18 Å². The molecule has 2 aliphatic heterocycles. The minimum Gasteiger partial charge on any atom is -0.370 e. The number of halogens is 3. The number of nitrogens with zero attached hydrogens (tertiary/aromatic N) is 6. The predicted molar refractivity (Wildman–Crippen MR) is 76.4 cm³/mol. The fraction of sp³-hybridized carbons (Fsp3) is 0.571. The molecule has 2 aromatic heterocycles. The van der Waals surface area contributed by atoms with Gasteiger partial charge in [-0.1, -0.05) is 5.21 Å². The SMILES string of the molecule is Cn1nc(C(F)(F)F)cc1C(=O)N1CC[C@H]2OCc3cnnn3[C@@H]2C1. The number of aryl methyl sites for hydroxylation is 1. The Balaban J connectivity index is 1.58. The molecular formula is C14H15F3N6O2. The third-order valence-electron chi connectivity index (χ3n) is 4.61. The largest absolute Gasteiger partial charge is 0.435 e. The Hall–Kier alpha value is -2.43. The van der Waals surface area contributed by atoms with Crippen molar-refractivity contribution in [3.8, 4) is 0 Å². The Morgan fingerprint density at radius 1 is 1.40 bits per heavy atom. The number of hydrogen-bond donors (Lipinski definition) is 0. The Morgan fingerprint density at radius 3 is 2.92 bits per heavy atom. The number of fused-ring (bicyclic) bond motifs is 3. The van der Waals surface area contributed by atoms with Crippen LogP contribution in [0, 0.1) is 0 Å². The third kappa shape index (κ3) is 2.68. The molecule has 134 valence electrons. The smallest absolute Gasteiger partial charge is 0.370 e. The van der Waals surface area contributed by atoms with Crippen LogP contribution in [0.4, 0.5) is 13.2 Å². The zero-order chi connectivity index (χ0) is 17.8. The van der Waals surface area contributed by atoms with Crippen molar-refractivity contribution in [2.45, 2.75) is 31.3 Å². The lowest BCUT2D eigenvalue weighted by molar-refractivity contribution is -0.141. The van der Waals surface area contributed by atoms with Crippen molar-refractivity contribution in [1.82, 2.24) is 29.7 Å². The maximum absolute atomic E-state index is 12.8. The minimum absolute atomic E-state index is 0.0875. The van der Waals surface area contributed by atoms with Crippen molar-refractivity contribution < 1.29 is 22.7 Å². The van der Waals surface area contributed by atoms with Crippen molar-refractivity contribution >= 4 is 5.91 Å². The van der Waals surface area contributed by atoms with Crippen LogP contribution in [0.1, 0.15) is 34.3 Å². The number of carbonyl (C=O) groups is 1. The zero-order valence-electron chi connectivity index (χ0n) is 13.3. The summed E-state index contributed by atoms with van der Waals surface area (Å²) in [6.45, 7) is 1.11. The molecular weight excluding hydrogens is 341 g/mol. The topological polar surface area (TPSA) is 78.1 Å². The summed E-state index contributed by atoms with van der Waals surface area (Å²) in [7, 11) is 1.33. The van der Waals surface area contributed by atoms with Crippen LogP contribution < -0.4 is 0 Å². The second-order valence-corrected chi connectivity index (χ2v) is 6.16. The number of alkyl halides is 3. The van der Waals surface area contributed by atoms with E-state index in [-0.39, 0.29) is 17.8 Å². The quantitative estimate of drug-likeness (QED) is 0.762. The van der Waals surface area contributed by atoms with Gasteiger partial charge in [-0.05, 0) is 6.42 Å². The molecule has 25 heavy (non-hydrogen) atoms. The molecule has 1 fully saturated rings. The Kier molecular flexibility index (Phi) is 3.56. The molecule has 0 unspecified atom stereocenters. The summed E-state index contributed by atoms with van der Waals surface area (Å²) < 4.78 is 46.9. The van der Waals surface area contributed by atoms with Gasteiger partial charge in [0.15, 0.2) is 5.69 Å². The van der Waals surface area contributed by atoms with E-state index < -0.39 is 17.8 Å². The van der Waals surface area contributed by atoms with Crippen LogP contribution in [-0.2, 0) is 24.6 Å². The van der Waals surface area contributed by atoms with Crippen molar-refractivity contribution in [1.29, 1.82) is 0 Å². The van der Waals surface area contributed by atoms with Crippen molar-refractivity contribution in [2.75, 3.05) is 13.1 Å². The van der Waals surface area contributed by atoms with E-state index in [1.807, 2.05) is 0 Å². The van der Waals surface area contributed by atoms with E-state index in [2.05, 4.69) is 15.4 Å². The number of rotatable bonds is 1. The number of ether oxygens (including phenoxy) is 1. The van der Waals surface area contributed by atoms with Crippen LogP contribution in [-0.4, -0.2) is 54.8 Å². The van der Waals surface area contributed by atoms with Gasteiger partial charge in [-0.3, -0.25) is 9.48 Å². The predicted octanol–water partition coefficient (Wildman–Crippen LogP) is 1.02. The van der Waals surface area contributed by atoms with E-state index in [9.17, 15) is 18.0 Å². The molecule has 4 heterocycles. The average Bonchev–Trinajstić information content (AvgIpc) is 3.19. The van der Waals surface area contributed by atoms with E-state index in [1.165, 1.54) is 11.9 Å². The number of likely N-dealkylation sites (tertiary alicyclic amines) is 1. The van der Waals surface area contributed by atoms with Gasteiger partial charge in [0.1, 0.15) is 5.69 Å². The summed E-state index contributed by atoms with van der Waals surface area (Å²) in [6, 6.07) is 0.589. The summed E-state index contributed by atoms with van der Waals surface area (Å²) >= 11 is 0. The first-order valence-corrected chi connectivity index (χ1v) is 7.76. The Bertz CT molecular complexity index is 814. The highest BCUT2D eigenvalue weighted by Crippen LogP contribution is 2.32. The lowest BCUT2D eigenvalue weighted by atomic mass is 10.00. The van der Waals surface area contributed by atoms with Gasteiger partial charge < -0.3 is 9.64 Å². The van der Waals surface area contributed by atoms with E-state index in [0.717, 1.165) is 16.4 Å². The molecule has 0 bridgehead atoms. The summed E-state index contributed by atoms with van der Waals surface area (Å²) in [6.07, 6.45) is -2.49. The lowest BCUT2D eigenvalue weighted by Crippen LogP contribution is -2.50. The molecule has 11 heteroatoms. The van der Waals surface area contributed by atoms with E-state index in [0.29, 0.717) is 26.1 Å². The molecule has 1 saturated heterocycles. The van der Waals surface area contributed by atoms with Crippen molar-refractivity contribution in [2.24, 2.45) is 7.05 Å². The molecule has 0 aromatic carbocycles. The molecule has 0 saturated carbocycles. The molecule has 2 atom stereocenters. The normalized spacial score (nSPS) is 23.3. The Labute approximate surface area is 140 Å². The molecule has 2 aliphatic rings. The second-order valence-electron chi connectivity index (χ2n) is 6.16. The first-order chi connectivity index (χ1) is 11.8. The maximum atomic E-state index is 12.8. The minimum atomic E-state index is -4.59. The second kappa shape index (κ2) is 5.55.